The smallest absolute Gasteiger partial charge is 0.243 e. The fourth-order valence-corrected chi connectivity index (χ4v) is 4.06. The molecule has 0 saturated heterocycles. The highest BCUT2D eigenvalue weighted by Gasteiger charge is 2.32. The van der Waals surface area contributed by atoms with Crippen molar-refractivity contribution in [3.63, 3.8) is 0 Å². The third-order valence-corrected chi connectivity index (χ3v) is 5.69. The van der Waals surface area contributed by atoms with Crippen LogP contribution in [0.4, 0.5) is 0 Å². The van der Waals surface area contributed by atoms with Crippen LogP contribution in [0.15, 0.2) is 40.8 Å². The van der Waals surface area contributed by atoms with Crippen molar-refractivity contribution in [1.29, 1.82) is 0 Å². The molecule has 4 nitrogen and oxygen atoms in total. The molecular formula is C18H27NO3S. The summed E-state index contributed by atoms with van der Waals surface area (Å²) in [5.74, 6) is 0.0472. The van der Waals surface area contributed by atoms with E-state index in [2.05, 4.69) is 0 Å². The maximum atomic E-state index is 13.1. The Morgan fingerprint density at radius 1 is 1.17 bits per heavy atom. The molecule has 0 aromatic heterocycles. The molecule has 0 heterocycles. The van der Waals surface area contributed by atoms with Crippen molar-refractivity contribution in [2.24, 2.45) is 5.92 Å². The zero-order valence-electron chi connectivity index (χ0n) is 14.6. The number of carbonyl (C=O) groups is 1. The zero-order chi connectivity index (χ0) is 17.6. The number of rotatable bonds is 8. The topological polar surface area (TPSA) is 54.5 Å². The van der Waals surface area contributed by atoms with Crippen LogP contribution in [0.2, 0.25) is 0 Å². The zero-order valence-corrected chi connectivity index (χ0v) is 15.4. The van der Waals surface area contributed by atoms with Gasteiger partial charge in [-0.05, 0) is 38.8 Å². The highest BCUT2D eigenvalue weighted by molar-refractivity contribution is 7.89. The molecule has 0 spiro atoms. The van der Waals surface area contributed by atoms with Gasteiger partial charge in [-0.15, -0.1) is 0 Å². The second kappa shape index (κ2) is 8.41. The van der Waals surface area contributed by atoms with E-state index in [0.29, 0.717) is 0 Å². The van der Waals surface area contributed by atoms with Crippen molar-refractivity contribution in [1.82, 2.24) is 4.31 Å². The number of aldehydes is 1. The van der Waals surface area contributed by atoms with Gasteiger partial charge < -0.3 is 4.79 Å². The molecule has 1 atom stereocenters. The van der Waals surface area contributed by atoms with Gasteiger partial charge in [-0.1, -0.05) is 43.2 Å². The fraction of sp³-hybridized carbons (Fsp3) is 0.500. The van der Waals surface area contributed by atoms with Crippen LogP contribution in [0.5, 0.6) is 0 Å². The van der Waals surface area contributed by atoms with Crippen molar-refractivity contribution in [3.05, 3.63) is 41.5 Å². The van der Waals surface area contributed by atoms with Crippen molar-refractivity contribution >= 4 is 16.3 Å². The minimum atomic E-state index is -3.65. The van der Waals surface area contributed by atoms with Crippen LogP contribution < -0.4 is 0 Å². The molecule has 0 aliphatic rings. The Balaban J connectivity index is 3.33. The highest BCUT2D eigenvalue weighted by Crippen LogP contribution is 2.24. The molecule has 0 fully saturated rings. The molecule has 0 N–H and O–H groups in total. The maximum absolute atomic E-state index is 13.1. The third-order valence-electron chi connectivity index (χ3n) is 3.78. The highest BCUT2D eigenvalue weighted by atomic mass is 32.2. The van der Waals surface area contributed by atoms with Crippen LogP contribution in [0.3, 0.4) is 0 Å². The van der Waals surface area contributed by atoms with Crippen molar-refractivity contribution in [2.75, 3.05) is 6.54 Å². The number of nitrogens with zero attached hydrogens (tertiary/aromatic N) is 1. The summed E-state index contributed by atoms with van der Waals surface area (Å²) >= 11 is 0. The number of sulfonamides is 1. The first-order chi connectivity index (χ1) is 10.7. The molecule has 0 saturated carbocycles. The summed E-state index contributed by atoms with van der Waals surface area (Å²) in [6.45, 7) is 9.93. The van der Waals surface area contributed by atoms with Gasteiger partial charge in [-0.25, -0.2) is 8.42 Å². The van der Waals surface area contributed by atoms with Crippen molar-refractivity contribution in [3.8, 4) is 0 Å². The molecular weight excluding hydrogens is 310 g/mol. The number of benzene rings is 1. The van der Waals surface area contributed by atoms with Crippen LogP contribution in [-0.2, 0) is 14.8 Å². The molecule has 1 aromatic rings. The van der Waals surface area contributed by atoms with Crippen LogP contribution in [0.1, 0.15) is 39.7 Å². The molecule has 0 bridgehead atoms. The molecule has 0 aliphatic heterocycles. The first kappa shape index (κ1) is 19.6. The molecule has 0 radical (unpaired) electrons. The maximum Gasteiger partial charge on any atom is 0.243 e. The van der Waals surface area contributed by atoms with E-state index < -0.39 is 10.0 Å². The van der Waals surface area contributed by atoms with Gasteiger partial charge in [-0.3, -0.25) is 0 Å². The molecule has 128 valence electrons. The molecule has 0 aliphatic carbocycles. The van der Waals surface area contributed by atoms with E-state index in [4.69, 9.17) is 0 Å². The van der Waals surface area contributed by atoms with Crippen molar-refractivity contribution < 1.29 is 13.2 Å². The lowest BCUT2D eigenvalue weighted by atomic mass is 10.0. The van der Waals surface area contributed by atoms with E-state index >= 15 is 0 Å². The van der Waals surface area contributed by atoms with Gasteiger partial charge in [0.25, 0.3) is 0 Å². The second-order valence-electron chi connectivity index (χ2n) is 6.38. The Kier molecular flexibility index (Phi) is 7.16. The van der Waals surface area contributed by atoms with Crippen LogP contribution in [0, 0.1) is 12.8 Å². The summed E-state index contributed by atoms with van der Waals surface area (Å²) in [5.41, 5.74) is 2.05. The van der Waals surface area contributed by atoms with E-state index in [1.54, 1.807) is 24.3 Å². The molecule has 0 unspecified atom stereocenters. The third kappa shape index (κ3) is 5.29. The normalized spacial score (nSPS) is 13.2. The van der Waals surface area contributed by atoms with Gasteiger partial charge in [0.05, 0.1) is 4.90 Å². The van der Waals surface area contributed by atoms with Gasteiger partial charge >= 0.3 is 0 Å². The van der Waals surface area contributed by atoms with Gasteiger partial charge in [-0.2, -0.15) is 4.31 Å². The molecule has 23 heavy (non-hydrogen) atoms. The van der Waals surface area contributed by atoms with Crippen molar-refractivity contribution in [2.45, 2.75) is 52.0 Å². The molecule has 1 aromatic carbocycles. The number of allylic oxidation sites excluding steroid dienone is 1. The van der Waals surface area contributed by atoms with Gasteiger partial charge in [0.15, 0.2) is 0 Å². The number of hydrogen-bond donors (Lipinski definition) is 0. The van der Waals surface area contributed by atoms with Gasteiger partial charge in [0.1, 0.15) is 6.29 Å². The average Bonchev–Trinajstić information content (AvgIpc) is 2.46. The van der Waals surface area contributed by atoms with Crippen LogP contribution >= 0.6 is 0 Å². The number of hydrogen-bond acceptors (Lipinski definition) is 3. The standard InChI is InChI=1S/C18H27NO3S/c1-14(2)10-12-19(18(11-13-20)15(3)4)23(21,22)17-8-6-16(5)7-9-17/h6-10,13,15,18H,11-12H2,1-5H3/t18-/m1/s1. The van der Waals surface area contributed by atoms with E-state index in [-0.39, 0.29) is 29.8 Å². The monoisotopic (exact) mass is 337 g/mol. The molecule has 5 heteroatoms. The number of aryl methyl sites for hydroxylation is 1. The Hall–Kier alpha value is -1.46. The van der Waals surface area contributed by atoms with Crippen LogP contribution in [-0.4, -0.2) is 31.6 Å². The lowest BCUT2D eigenvalue weighted by Gasteiger charge is -2.32. The van der Waals surface area contributed by atoms with Crippen LogP contribution in [0.25, 0.3) is 0 Å². The lowest BCUT2D eigenvalue weighted by Crippen LogP contribution is -2.43. The summed E-state index contributed by atoms with van der Waals surface area (Å²) in [6.07, 6.45) is 2.87. The summed E-state index contributed by atoms with van der Waals surface area (Å²) in [4.78, 5) is 11.3. The van der Waals surface area contributed by atoms with E-state index in [1.165, 1.54) is 4.31 Å². The largest absolute Gasteiger partial charge is 0.303 e. The molecule has 1 rings (SSSR count). The lowest BCUT2D eigenvalue weighted by molar-refractivity contribution is -0.108. The fourth-order valence-electron chi connectivity index (χ4n) is 2.35. The van der Waals surface area contributed by atoms with E-state index in [0.717, 1.165) is 17.4 Å². The average molecular weight is 337 g/mol. The Morgan fingerprint density at radius 3 is 2.17 bits per heavy atom. The first-order valence-electron chi connectivity index (χ1n) is 7.85. The molecule has 0 amide bonds. The predicted octanol–water partition coefficient (Wildman–Crippen LogP) is 3.57. The Morgan fingerprint density at radius 2 is 1.74 bits per heavy atom. The summed E-state index contributed by atoms with van der Waals surface area (Å²) in [5, 5.41) is 0. The second-order valence-corrected chi connectivity index (χ2v) is 8.27. The van der Waals surface area contributed by atoms with Gasteiger partial charge in [0, 0.05) is 19.0 Å². The summed E-state index contributed by atoms with van der Waals surface area (Å²) in [6, 6.07) is 6.47. The quantitative estimate of drug-likeness (QED) is 0.538. The summed E-state index contributed by atoms with van der Waals surface area (Å²) in [7, 11) is -3.65. The predicted molar refractivity (Wildman–Crippen MR) is 93.8 cm³/mol. The SMILES string of the molecule is CC(C)=CCN([C@H](CC=O)C(C)C)S(=O)(=O)c1ccc(C)cc1. The number of carbonyl (C=O) groups excluding carboxylic acids is 1. The Bertz CT molecular complexity index is 641. The minimum Gasteiger partial charge on any atom is -0.303 e. The van der Waals surface area contributed by atoms with E-state index in [1.807, 2.05) is 40.7 Å². The van der Waals surface area contributed by atoms with E-state index in [9.17, 15) is 13.2 Å². The summed E-state index contributed by atoms with van der Waals surface area (Å²) < 4.78 is 27.6. The first-order valence-corrected chi connectivity index (χ1v) is 9.29. The Labute approximate surface area is 140 Å². The minimum absolute atomic E-state index is 0.0472. The van der Waals surface area contributed by atoms with Gasteiger partial charge in [0.2, 0.25) is 10.0 Å².